The van der Waals surface area contributed by atoms with Gasteiger partial charge in [0.2, 0.25) is 0 Å². The molecule has 2 rings (SSSR count). The zero-order chi connectivity index (χ0) is 11.1. The lowest BCUT2D eigenvalue weighted by Crippen LogP contribution is -2.33. The highest BCUT2D eigenvalue weighted by molar-refractivity contribution is 4.90. The Kier molecular flexibility index (Phi) is 3.09. The number of rotatable bonds is 1. The number of hydrogen-bond acceptors (Lipinski definition) is 2. The van der Waals surface area contributed by atoms with Crippen LogP contribution in [0.15, 0.2) is 0 Å². The normalized spacial score (nSPS) is 38.8. The smallest absolute Gasteiger partial charge is 0.0555 e. The first kappa shape index (κ1) is 11.4. The van der Waals surface area contributed by atoms with Crippen LogP contribution in [0.3, 0.4) is 0 Å². The number of aliphatic hydroxyl groups is 1. The van der Waals surface area contributed by atoms with Crippen molar-refractivity contribution in [3.63, 3.8) is 0 Å². The Bertz CT molecular complexity index is 221. The second-order valence-corrected chi connectivity index (χ2v) is 6.47. The molecule has 3 unspecified atom stereocenters. The summed E-state index contributed by atoms with van der Waals surface area (Å²) in [5, 5.41) is 9.56. The standard InChI is InChI=1S/C13H25NO/c1-13(2,3)10-6-7-14(9-10)11-4-5-12(15)8-11/h10-12,15H,4-9H2,1-3H3. The van der Waals surface area contributed by atoms with Crippen molar-refractivity contribution in [1.29, 1.82) is 0 Å². The lowest BCUT2D eigenvalue weighted by molar-refractivity contribution is 0.155. The molecule has 0 aromatic heterocycles. The SMILES string of the molecule is CC(C)(C)C1CCN(C2CCC(O)C2)C1. The molecule has 0 aromatic rings. The topological polar surface area (TPSA) is 23.5 Å². The molecule has 0 radical (unpaired) electrons. The van der Waals surface area contributed by atoms with Gasteiger partial charge in [0.1, 0.15) is 0 Å². The van der Waals surface area contributed by atoms with Crippen LogP contribution in [0.4, 0.5) is 0 Å². The molecule has 0 spiro atoms. The Labute approximate surface area is 93.7 Å². The number of nitrogens with zero attached hydrogens (tertiary/aromatic N) is 1. The van der Waals surface area contributed by atoms with Crippen molar-refractivity contribution in [2.24, 2.45) is 11.3 Å². The molecule has 2 fully saturated rings. The molecule has 1 saturated carbocycles. The van der Waals surface area contributed by atoms with Gasteiger partial charge in [0.25, 0.3) is 0 Å². The van der Waals surface area contributed by atoms with Crippen LogP contribution in [0.2, 0.25) is 0 Å². The molecule has 0 amide bonds. The lowest BCUT2D eigenvalue weighted by Gasteiger charge is -2.29. The van der Waals surface area contributed by atoms with Gasteiger partial charge in [-0.2, -0.15) is 0 Å². The highest BCUT2D eigenvalue weighted by atomic mass is 16.3. The predicted molar refractivity (Wildman–Crippen MR) is 62.8 cm³/mol. The number of aliphatic hydroxyl groups excluding tert-OH is 1. The fourth-order valence-electron chi connectivity index (χ4n) is 3.09. The van der Waals surface area contributed by atoms with E-state index in [-0.39, 0.29) is 6.10 Å². The third-order valence-corrected chi connectivity index (χ3v) is 4.34. The molecule has 3 atom stereocenters. The highest BCUT2D eigenvalue weighted by Crippen LogP contribution is 2.36. The third kappa shape index (κ3) is 2.54. The van der Waals surface area contributed by atoms with Crippen LogP contribution >= 0.6 is 0 Å². The summed E-state index contributed by atoms with van der Waals surface area (Å²) >= 11 is 0. The molecule has 1 aliphatic heterocycles. The first-order valence-electron chi connectivity index (χ1n) is 6.39. The zero-order valence-corrected chi connectivity index (χ0v) is 10.4. The Morgan fingerprint density at radius 2 is 1.87 bits per heavy atom. The van der Waals surface area contributed by atoms with Crippen molar-refractivity contribution in [2.75, 3.05) is 13.1 Å². The van der Waals surface area contributed by atoms with Gasteiger partial charge in [-0.15, -0.1) is 0 Å². The molecule has 1 aliphatic carbocycles. The van der Waals surface area contributed by atoms with E-state index in [2.05, 4.69) is 25.7 Å². The molecule has 1 N–H and O–H groups in total. The van der Waals surface area contributed by atoms with Crippen molar-refractivity contribution >= 4 is 0 Å². The van der Waals surface area contributed by atoms with Gasteiger partial charge in [0.05, 0.1) is 6.10 Å². The fraction of sp³-hybridized carbons (Fsp3) is 1.00. The fourth-order valence-corrected chi connectivity index (χ4v) is 3.09. The molecule has 0 aromatic carbocycles. The maximum absolute atomic E-state index is 9.56. The van der Waals surface area contributed by atoms with Crippen LogP contribution in [0.25, 0.3) is 0 Å². The Hall–Kier alpha value is -0.0800. The average molecular weight is 211 g/mol. The molecule has 2 nitrogen and oxygen atoms in total. The molecule has 2 aliphatic rings. The van der Waals surface area contributed by atoms with E-state index in [1.165, 1.54) is 25.9 Å². The largest absolute Gasteiger partial charge is 0.393 e. The van der Waals surface area contributed by atoms with Gasteiger partial charge in [-0.25, -0.2) is 0 Å². The van der Waals surface area contributed by atoms with E-state index in [0.29, 0.717) is 11.5 Å². The minimum atomic E-state index is -0.0244. The van der Waals surface area contributed by atoms with Crippen molar-refractivity contribution in [3.05, 3.63) is 0 Å². The molecule has 1 saturated heterocycles. The van der Waals surface area contributed by atoms with Crippen molar-refractivity contribution in [3.8, 4) is 0 Å². The second kappa shape index (κ2) is 4.06. The van der Waals surface area contributed by atoms with Crippen LogP contribution in [0, 0.1) is 11.3 Å². The Balaban J connectivity index is 1.87. The molecule has 0 bridgehead atoms. The van der Waals surface area contributed by atoms with Crippen LogP contribution in [-0.4, -0.2) is 35.2 Å². The van der Waals surface area contributed by atoms with E-state index >= 15 is 0 Å². The molecule has 2 heteroatoms. The summed E-state index contributed by atoms with van der Waals surface area (Å²) in [7, 11) is 0. The van der Waals surface area contributed by atoms with Gasteiger partial charge in [-0.05, 0) is 43.6 Å². The monoisotopic (exact) mass is 211 g/mol. The quantitative estimate of drug-likeness (QED) is 0.719. The highest BCUT2D eigenvalue weighted by Gasteiger charge is 2.36. The van der Waals surface area contributed by atoms with Gasteiger partial charge in [0.15, 0.2) is 0 Å². The first-order valence-corrected chi connectivity index (χ1v) is 6.39. The third-order valence-electron chi connectivity index (χ3n) is 4.34. The predicted octanol–water partition coefficient (Wildman–Crippen LogP) is 2.27. The minimum Gasteiger partial charge on any atom is -0.393 e. The van der Waals surface area contributed by atoms with Crippen molar-refractivity contribution < 1.29 is 5.11 Å². The van der Waals surface area contributed by atoms with Gasteiger partial charge in [0, 0.05) is 12.6 Å². The van der Waals surface area contributed by atoms with E-state index in [1.54, 1.807) is 0 Å². The minimum absolute atomic E-state index is 0.0244. The van der Waals surface area contributed by atoms with Crippen molar-refractivity contribution in [2.45, 2.75) is 58.6 Å². The van der Waals surface area contributed by atoms with Gasteiger partial charge >= 0.3 is 0 Å². The first-order chi connectivity index (χ1) is 6.97. The molecular weight excluding hydrogens is 186 g/mol. The molecule has 1 heterocycles. The summed E-state index contributed by atoms with van der Waals surface area (Å²) in [6.07, 6.45) is 4.55. The summed E-state index contributed by atoms with van der Waals surface area (Å²) in [4.78, 5) is 2.62. The van der Waals surface area contributed by atoms with E-state index in [9.17, 15) is 5.11 Å². The Morgan fingerprint density at radius 1 is 1.13 bits per heavy atom. The molecule has 88 valence electrons. The molecular formula is C13H25NO. The average Bonchev–Trinajstić information content (AvgIpc) is 2.69. The van der Waals surface area contributed by atoms with Gasteiger partial charge in [-0.1, -0.05) is 20.8 Å². The van der Waals surface area contributed by atoms with Gasteiger partial charge < -0.3 is 5.11 Å². The zero-order valence-electron chi connectivity index (χ0n) is 10.4. The summed E-state index contributed by atoms with van der Waals surface area (Å²) in [6.45, 7) is 9.56. The van der Waals surface area contributed by atoms with Crippen LogP contribution in [0.5, 0.6) is 0 Å². The van der Waals surface area contributed by atoms with E-state index < -0.39 is 0 Å². The Morgan fingerprint density at radius 3 is 2.33 bits per heavy atom. The second-order valence-electron chi connectivity index (χ2n) is 6.47. The maximum Gasteiger partial charge on any atom is 0.0555 e. The molecule has 15 heavy (non-hydrogen) atoms. The van der Waals surface area contributed by atoms with Crippen LogP contribution in [0.1, 0.15) is 46.5 Å². The summed E-state index contributed by atoms with van der Waals surface area (Å²) in [5.74, 6) is 0.843. The summed E-state index contributed by atoms with van der Waals surface area (Å²) in [5.41, 5.74) is 0.450. The van der Waals surface area contributed by atoms with E-state index in [0.717, 1.165) is 18.8 Å². The number of likely N-dealkylation sites (tertiary alicyclic amines) is 1. The van der Waals surface area contributed by atoms with Gasteiger partial charge in [-0.3, -0.25) is 4.90 Å². The summed E-state index contributed by atoms with van der Waals surface area (Å²) < 4.78 is 0. The number of hydrogen-bond donors (Lipinski definition) is 1. The maximum atomic E-state index is 9.56. The van der Waals surface area contributed by atoms with Crippen LogP contribution < -0.4 is 0 Å². The van der Waals surface area contributed by atoms with Crippen LogP contribution in [-0.2, 0) is 0 Å². The van der Waals surface area contributed by atoms with E-state index in [4.69, 9.17) is 0 Å². The lowest BCUT2D eigenvalue weighted by atomic mass is 9.80. The van der Waals surface area contributed by atoms with Crippen molar-refractivity contribution in [1.82, 2.24) is 4.90 Å². The summed E-state index contributed by atoms with van der Waals surface area (Å²) in [6, 6.07) is 0.673. The van der Waals surface area contributed by atoms with E-state index in [1.807, 2.05) is 0 Å².